The average molecular weight is 459 g/mol. The maximum atomic E-state index is 12.2. The Morgan fingerprint density at radius 3 is 2.75 bits per heavy atom. The third kappa shape index (κ3) is 5.78. The van der Waals surface area contributed by atoms with E-state index in [-0.39, 0.29) is 11.7 Å². The van der Waals surface area contributed by atoms with Crippen molar-refractivity contribution in [1.82, 2.24) is 30.3 Å². The molecule has 0 aliphatic heterocycles. The number of benzene rings is 1. The summed E-state index contributed by atoms with van der Waals surface area (Å²) in [6, 6.07) is 5.50. The number of rotatable bonds is 10. The second-order valence-electron chi connectivity index (χ2n) is 6.80. The molecule has 12 heteroatoms. The van der Waals surface area contributed by atoms with Crippen LogP contribution in [-0.2, 0) is 18.4 Å². The second kappa shape index (κ2) is 10.7. The molecule has 3 rings (SSSR count). The lowest BCUT2D eigenvalue weighted by Crippen LogP contribution is -2.24. The summed E-state index contributed by atoms with van der Waals surface area (Å²) < 4.78 is 12.3. The smallest absolute Gasteiger partial charge is 0.240 e. The number of hydrogen-bond acceptors (Lipinski definition) is 9. The molecule has 32 heavy (non-hydrogen) atoms. The van der Waals surface area contributed by atoms with E-state index in [1.165, 1.54) is 11.8 Å². The van der Waals surface area contributed by atoms with Gasteiger partial charge in [-0.15, -0.1) is 5.10 Å². The molecule has 0 aliphatic carbocycles. The number of ether oxygens (including phenoxy) is 2. The Kier molecular flexibility index (Phi) is 7.71. The Morgan fingerprint density at radius 1 is 1.28 bits per heavy atom. The predicted octanol–water partition coefficient (Wildman–Crippen LogP) is 2.03. The number of carbonyl (C=O) groups excluding carboxylic acids is 1. The van der Waals surface area contributed by atoms with Gasteiger partial charge in [-0.2, -0.15) is 15.2 Å². The number of methoxy groups -OCH3 is 2. The van der Waals surface area contributed by atoms with Crippen molar-refractivity contribution in [3.63, 3.8) is 0 Å². The zero-order chi connectivity index (χ0) is 23.1. The van der Waals surface area contributed by atoms with Crippen molar-refractivity contribution >= 4 is 29.8 Å². The van der Waals surface area contributed by atoms with Crippen LogP contribution in [0.1, 0.15) is 22.5 Å². The van der Waals surface area contributed by atoms with Crippen LogP contribution in [-0.4, -0.2) is 57.1 Å². The van der Waals surface area contributed by atoms with Gasteiger partial charge in [-0.25, -0.2) is 10.5 Å². The molecule has 0 bridgehead atoms. The van der Waals surface area contributed by atoms with Crippen molar-refractivity contribution in [3.8, 4) is 11.5 Å². The maximum Gasteiger partial charge on any atom is 0.240 e. The molecule has 0 unspecified atom stereocenters. The normalized spacial score (nSPS) is 11.0. The highest BCUT2D eigenvalue weighted by molar-refractivity contribution is 7.99. The third-order valence-electron chi connectivity index (χ3n) is 4.66. The number of carbonyl (C=O) groups is 1. The lowest BCUT2D eigenvalue weighted by molar-refractivity contribution is -0.118. The van der Waals surface area contributed by atoms with E-state index in [0.717, 1.165) is 22.5 Å². The topological polar surface area (TPSA) is 131 Å². The van der Waals surface area contributed by atoms with Gasteiger partial charge in [-0.1, -0.05) is 17.8 Å². The molecular weight excluding hydrogens is 432 g/mol. The minimum Gasteiger partial charge on any atom is -0.493 e. The number of aromatic amines is 1. The number of hydrazone groups is 1. The summed E-state index contributed by atoms with van der Waals surface area (Å²) in [5.74, 6) is 1.69. The van der Waals surface area contributed by atoms with E-state index >= 15 is 0 Å². The fourth-order valence-electron chi connectivity index (χ4n) is 2.87. The minimum atomic E-state index is -0.135. The van der Waals surface area contributed by atoms with Crippen LogP contribution in [0, 0.1) is 13.8 Å². The minimum absolute atomic E-state index is 0.135. The lowest BCUT2D eigenvalue weighted by atomic mass is 10.2. The van der Waals surface area contributed by atoms with Crippen LogP contribution in [0.4, 0.5) is 5.95 Å². The summed E-state index contributed by atoms with van der Waals surface area (Å²) in [5, 5.41) is 18.6. The highest BCUT2D eigenvalue weighted by atomic mass is 32.2. The van der Waals surface area contributed by atoms with Crippen molar-refractivity contribution in [1.29, 1.82) is 0 Å². The Hall–Kier alpha value is -3.54. The van der Waals surface area contributed by atoms with Gasteiger partial charge in [0.2, 0.25) is 17.0 Å². The molecule has 3 N–H and O–H groups in total. The lowest BCUT2D eigenvalue weighted by Gasteiger charge is -2.10. The molecule has 1 amide bonds. The fraction of sp³-hybridized carbons (Fsp3) is 0.350. The number of amides is 1. The molecule has 0 radical (unpaired) electrons. The van der Waals surface area contributed by atoms with Crippen molar-refractivity contribution < 1.29 is 14.3 Å². The van der Waals surface area contributed by atoms with E-state index in [1.54, 1.807) is 31.2 Å². The molecule has 0 saturated carbocycles. The molecule has 0 atom stereocenters. The average Bonchev–Trinajstić information content (AvgIpc) is 3.35. The summed E-state index contributed by atoms with van der Waals surface area (Å²) in [4.78, 5) is 16.4. The Labute approximate surface area is 190 Å². The number of nitrogens with zero attached hydrogens (tertiary/aromatic N) is 5. The van der Waals surface area contributed by atoms with Gasteiger partial charge in [0, 0.05) is 24.8 Å². The largest absolute Gasteiger partial charge is 0.493 e. The quantitative estimate of drug-likeness (QED) is 0.239. The van der Waals surface area contributed by atoms with Crippen molar-refractivity contribution in [2.45, 2.75) is 25.5 Å². The molecule has 1 aromatic carbocycles. The highest BCUT2D eigenvalue weighted by Gasteiger charge is 2.10. The zero-order valence-corrected chi connectivity index (χ0v) is 19.4. The van der Waals surface area contributed by atoms with Crippen LogP contribution >= 0.6 is 11.8 Å². The van der Waals surface area contributed by atoms with Crippen molar-refractivity contribution in [2.75, 3.05) is 25.4 Å². The number of hydrogen-bond donors (Lipinski definition) is 3. The summed E-state index contributed by atoms with van der Waals surface area (Å²) in [6.07, 6.45) is 1.69. The van der Waals surface area contributed by atoms with E-state index in [9.17, 15) is 4.79 Å². The number of H-pyrrole nitrogens is 1. The second-order valence-corrected chi connectivity index (χ2v) is 7.74. The number of thioether (sulfide) groups is 1. The first-order chi connectivity index (χ1) is 15.4. The van der Waals surface area contributed by atoms with Gasteiger partial charge in [-0.3, -0.25) is 9.48 Å². The molecule has 11 nitrogen and oxygen atoms in total. The van der Waals surface area contributed by atoms with E-state index < -0.39 is 0 Å². The molecule has 2 heterocycles. The molecular formula is C20H26N8O3S. The number of anilines is 1. The Balaban J connectivity index is 1.45. The van der Waals surface area contributed by atoms with Gasteiger partial charge in [-0.05, 0) is 31.5 Å². The zero-order valence-electron chi connectivity index (χ0n) is 18.6. The summed E-state index contributed by atoms with van der Waals surface area (Å²) in [7, 11) is 5.04. The number of aryl methyl sites for hydroxylation is 2. The third-order valence-corrected chi connectivity index (χ3v) is 5.51. The molecule has 0 fully saturated rings. The predicted molar refractivity (Wildman–Crippen MR) is 122 cm³/mol. The van der Waals surface area contributed by atoms with Gasteiger partial charge in [0.1, 0.15) is 0 Å². The standard InChI is InChI=1S/C20H26N8O3S/c1-12-15(13(2)28(3)27-12)10-22-24-19-23-20(26-25-19)32-11-18(29)21-9-14-6-7-16(30-4)17(8-14)31-5/h6-8,10H,9,11H2,1-5H3,(H,21,29)(H2,23,24,25,26)/b22-10-. The Bertz CT molecular complexity index is 1110. The van der Waals surface area contributed by atoms with E-state index in [1.807, 2.05) is 33.0 Å². The van der Waals surface area contributed by atoms with E-state index in [0.29, 0.717) is 29.1 Å². The molecule has 0 aliphatic rings. The molecule has 170 valence electrons. The van der Waals surface area contributed by atoms with Gasteiger partial charge in [0.25, 0.3) is 0 Å². The first kappa shape index (κ1) is 23.1. The van der Waals surface area contributed by atoms with Crippen LogP contribution in [0.5, 0.6) is 11.5 Å². The number of aromatic nitrogens is 5. The fourth-order valence-corrected chi connectivity index (χ4v) is 3.50. The monoisotopic (exact) mass is 458 g/mol. The molecule has 0 spiro atoms. The first-order valence-electron chi connectivity index (χ1n) is 9.73. The maximum absolute atomic E-state index is 12.2. The number of nitrogens with one attached hydrogen (secondary N) is 3. The van der Waals surface area contributed by atoms with E-state index in [4.69, 9.17) is 9.47 Å². The van der Waals surface area contributed by atoms with Gasteiger partial charge >= 0.3 is 0 Å². The van der Waals surface area contributed by atoms with E-state index in [2.05, 4.69) is 36.1 Å². The van der Waals surface area contributed by atoms with Crippen LogP contribution < -0.4 is 20.2 Å². The van der Waals surface area contributed by atoms with Crippen LogP contribution in [0.15, 0.2) is 28.5 Å². The highest BCUT2D eigenvalue weighted by Crippen LogP contribution is 2.27. The summed E-state index contributed by atoms with van der Waals surface area (Å²) in [5.41, 5.74) is 6.56. The summed E-state index contributed by atoms with van der Waals surface area (Å²) in [6.45, 7) is 4.27. The van der Waals surface area contributed by atoms with Gasteiger partial charge in [0.05, 0.1) is 31.9 Å². The molecule has 3 aromatic rings. The molecule has 2 aromatic heterocycles. The SMILES string of the molecule is COc1ccc(CNC(=O)CSc2n[nH]c(N/N=C\c3c(C)nn(C)c3C)n2)cc1OC. The first-order valence-corrected chi connectivity index (χ1v) is 10.7. The Morgan fingerprint density at radius 2 is 2.06 bits per heavy atom. The van der Waals surface area contributed by atoms with Gasteiger partial charge in [0.15, 0.2) is 11.5 Å². The van der Waals surface area contributed by atoms with Crippen molar-refractivity contribution in [3.05, 3.63) is 40.7 Å². The van der Waals surface area contributed by atoms with Crippen LogP contribution in [0.3, 0.4) is 0 Å². The van der Waals surface area contributed by atoms with Crippen LogP contribution in [0.2, 0.25) is 0 Å². The van der Waals surface area contributed by atoms with Crippen molar-refractivity contribution in [2.24, 2.45) is 12.1 Å². The molecule has 0 saturated heterocycles. The van der Waals surface area contributed by atoms with Crippen LogP contribution in [0.25, 0.3) is 0 Å². The van der Waals surface area contributed by atoms with Gasteiger partial charge < -0.3 is 14.8 Å². The summed E-state index contributed by atoms with van der Waals surface area (Å²) >= 11 is 1.22.